The van der Waals surface area contributed by atoms with E-state index in [-0.39, 0.29) is 24.4 Å². The van der Waals surface area contributed by atoms with Crippen LogP contribution in [0.1, 0.15) is 10.4 Å². The summed E-state index contributed by atoms with van der Waals surface area (Å²) in [5, 5.41) is 13.0. The Kier molecular flexibility index (Phi) is 5.47. The number of benzene rings is 1. The van der Waals surface area contributed by atoms with E-state index in [0.717, 1.165) is 12.1 Å². The molecule has 1 amide bonds. The van der Waals surface area contributed by atoms with Crippen molar-refractivity contribution < 1.29 is 27.6 Å². The van der Waals surface area contributed by atoms with Crippen molar-refractivity contribution in [1.82, 2.24) is 5.32 Å². The van der Waals surface area contributed by atoms with E-state index in [9.17, 15) is 28.1 Å². The first-order chi connectivity index (χ1) is 9.70. The Morgan fingerprint density at radius 1 is 1.43 bits per heavy atom. The molecule has 0 saturated heterocycles. The normalized spacial score (nSPS) is 11.2. The summed E-state index contributed by atoms with van der Waals surface area (Å²) in [6.45, 7) is -2.02. The summed E-state index contributed by atoms with van der Waals surface area (Å²) >= 11 is 0. The van der Waals surface area contributed by atoms with Crippen LogP contribution in [0, 0.1) is 10.1 Å². The lowest BCUT2D eigenvalue weighted by atomic mass is 10.1. The van der Waals surface area contributed by atoms with Crippen LogP contribution in [-0.4, -0.2) is 36.8 Å². The van der Waals surface area contributed by atoms with E-state index in [1.807, 2.05) is 0 Å². The number of hydrogen-bond donors (Lipinski definition) is 2. The second-order valence-corrected chi connectivity index (χ2v) is 3.96. The third kappa shape index (κ3) is 5.65. The number of ether oxygens (including phenoxy) is 1. The Balaban J connectivity index is 2.56. The molecule has 0 aromatic heterocycles. The summed E-state index contributed by atoms with van der Waals surface area (Å²) in [6, 6.07) is 3.45. The quantitative estimate of drug-likeness (QED) is 0.358. The second-order valence-electron chi connectivity index (χ2n) is 3.96. The van der Waals surface area contributed by atoms with Gasteiger partial charge >= 0.3 is 6.18 Å². The number of carbonyl (C=O) groups is 1. The van der Waals surface area contributed by atoms with Gasteiger partial charge in [0.15, 0.2) is 0 Å². The number of hydrogen-bond acceptors (Lipinski definition) is 5. The van der Waals surface area contributed by atoms with Gasteiger partial charge in [-0.05, 0) is 12.1 Å². The minimum atomic E-state index is -4.45. The maximum absolute atomic E-state index is 11.8. The number of nitrogen functional groups attached to an aromatic ring is 1. The van der Waals surface area contributed by atoms with Gasteiger partial charge in [-0.25, -0.2) is 0 Å². The van der Waals surface area contributed by atoms with Crippen molar-refractivity contribution >= 4 is 17.3 Å². The third-order valence-corrected chi connectivity index (χ3v) is 2.26. The van der Waals surface area contributed by atoms with E-state index in [1.165, 1.54) is 6.07 Å². The highest BCUT2D eigenvalue weighted by molar-refractivity contribution is 5.99. The molecule has 0 atom stereocenters. The van der Waals surface area contributed by atoms with Crippen LogP contribution in [0.15, 0.2) is 18.2 Å². The first kappa shape index (κ1) is 16.7. The minimum Gasteiger partial charge on any atom is -0.399 e. The number of nitrogens with zero attached hydrogens (tertiary/aromatic N) is 1. The number of rotatable bonds is 6. The molecule has 0 aliphatic rings. The van der Waals surface area contributed by atoms with Crippen molar-refractivity contribution in [1.29, 1.82) is 0 Å². The Morgan fingerprint density at radius 3 is 2.67 bits per heavy atom. The van der Waals surface area contributed by atoms with Crippen LogP contribution < -0.4 is 11.1 Å². The lowest BCUT2D eigenvalue weighted by molar-refractivity contribution is -0.385. The zero-order chi connectivity index (χ0) is 16.0. The molecule has 10 heteroatoms. The maximum Gasteiger partial charge on any atom is 0.411 e. The molecular weight excluding hydrogens is 295 g/mol. The average molecular weight is 307 g/mol. The summed E-state index contributed by atoms with van der Waals surface area (Å²) in [4.78, 5) is 21.7. The van der Waals surface area contributed by atoms with Gasteiger partial charge in [0.1, 0.15) is 12.2 Å². The summed E-state index contributed by atoms with van der Waals surface area (Å²) in [6.07, 6.45) is -4.45. The highest BCUT2D eigenvalue weighted by Gasteiger charge is 2.27. The highest BCUT2D eigenvalue weighted by Crippen LogP contribution is 2.21. The molecule has 0 aliphatic carbocycles. The molecule has 0 unspecified atom stereocenters. The van der Waals surface area contributed by atoms with E-state index in [0.29, 0.717) is 0 Å². The van der Waals surface area contributed by atoms with Crippen molar-refractivity contribution in [3.8, 4) is 0 Å². The van der Waals surface area contributed by atoms with Crippen molar-refractivity contribution in [2.24, 2.45) is 0 Å². The molecule has 1 rings (SSSR count). The standard InChI is InChI=1S/C11H12F3N3O4/c12-11(13,14)6-21-4-3-16-10(18)8-5-7(15)1-2-9(8)17(19)20/h1-2,5H,3-4,6,15H2,(H,16,18). The van der Waals surface area contributed by atoms with Crippen LogP contribution in [0.5, 0.6) is 0 Å². The van der Waals surface area contributed by atoms with Crippen LogP contribution >= 0.6 is 0 Å². The number of halogens is 3. The number of carbonyl (C=O) groups excluding carboxylic acids is 1. The average Bonchev–Trinajstić information content (AvgIpc) is 2.36. The number of nitro benzene ring substituents is 1. The molecule has 3 N–H and O–H groups in total. The molecule has 1 aromatic rings. The lowest BCUT2D eigenvalue weighted by Gasteiger charge is -2.09. The molecule has 0 heterocycles. The van der Waals surface area contributed by atoms with E-state index in [1.54, 1.807) is 0 Å². The zero-order valence-corrected chi connectivity index (χ0v) is 10.6. The maximum atomic E-state index is 11.8. The summed E-state index contributed by atoms with van der Waals surface area (Å²) in [5.41, 5.74) is 4.88. The molecular formula is C11H12F3N3O4. The third-order valence-electron chi connectivity index (χ3n) is 2.26. The fourth-order valence-electron chi connectivity index (χ4n) is 1.41. The molecule has 0 spiro atoms. The van der Waals surface area contributed by atoms with Gasteiger partial charge in [0.2, 0.25) is 0 Å². The Hall–Kier alpha value is -2.36. The van der Waals surface area contributed by atoms with Crippen LogP contribution in [0.3, 0.4) is 0 Å². The lowest BCUT2D eigenvalue weighted by Crippen LogP contribution is -2.29. The van der Waals surface area contributed by atoms with Crippen LogP contribution in [0.2, 0.25) is 0 Å². The van der Waals surface area contributed by atoms with Gasteiger partial charge in [-0.1, -0.05) is 0 Å². The van der Waals surface area contributed by atoms with Gasteiger partial charge in [-0.3, -0.25) is 14.9 Å². The fourth-order valence-corrected chi connectivity index (χ4v) is 1.41. The van der Waals surface area contributed by atoms with Crippen molar-refractivity contribution in [3.63, 3.8) is 0 Å². The molecule has 21 heavy (non-hydrogen) atoms. The van der Waals surface area contributed by atoms with Gasteiger partial charge in [-0.15, -0.1) is 0 Å². The molecule has 0 aliphatic heterocycles. The first-order valence-corrected chi connectivity index (χ1v) is 5.67. The molecule has 7 nitrogen and oxygen atoms in total. The first-order valence-electron chi connectivity index (χ1n) is 5.67. The van der Waals surface area contributed by atoms with Crippen LogP contribution in [-0.2, 0) is 4.74 Å². The van der Waals surface area contributed by atoms with E-state index < -0.39 is 29.3 Å². The topological polar surface area (TPSA) is 107 Å². The fraction of sp³-hybridized carbons (Fsp3) is 0.364. The SMILES string of the molecule is Nc1ccc([N+](=O)[O-])c(C(=O)NCCOCC(F)(F)F)c1. The number of alkyl halides is 3. The number of nitrogens with two attached hydrogens (primary N) is 1. The van der Waals surface area contributed by atoms with Crippen molar-refractivity contribution in [3.05, 3.63) is 33.9 Å². The highest BCUT2D eigenvalue weighted by atomic mass is 19.4. The number of nitrogens with one attached hydrogen (secondary N) is 1. The van der Waals surface area contributed by atoms with E-state index in [2.05, 4.69) is 10.1 Å². The summed E-state index contributed by atoms with van der Waals surface area (Å²) in [7, 11) is 0. The van der Waals surface area contributed by atoms with Crippen molar-refractivity contribution in [2.75, 3.05) is 25.5 Å². The summed E-state index contributed by atoms with van der Waals surface area (Å²) in [5.74, 6) is -0.815. The van der Waals surface area contributed by atoms with Gasteiger partial charge in [0.25, 0.3) is 11.6 Å². The van der Waals surface area contributed by atoms with E-state index in [4.69, 9.17) is 5.73 Å². The predicted octanol–water partition coefficient (Wildman–Crippen LogP) is 1.49. The van der Waals surface area contributed by atoms with E-state index >= 15 is 0 Å². The monoisotopic (exact) mass is 307 g/mol. The van der Waals surface area contributed by atoms with Gasteiger partial charge in [0.05, 0.1) is 11.5 Å². The second kappa shape index (κ2) is 6.88. The molecule has 0 saturated carbocycles. The van der Waals surface area contributed by atoms with Crippen LogP contribution in [0.25, 0.3) is 0 Å². The summed E-state index contributed by atoms with van der Waals surface area (Å²) < 4.78 is 39.7. The van der Waals surface area contributed by atoms with Gasteiger partial charge in [-0.2, -0.15) is 13.2 Å². The van der Waals surface area contributed by atoms with Gasteiger partial charge < -0.3 is 15.8 Å². The van der Waals surface area contributed by atoms with Crippen LogP contribution in [0.4, 0.5) is 24.5 Å². The number of amides is 1. The molecule has 1 aromatic carbocycles. The predicted molar refractivity (Wildman–Crippen MR) is 66.7 cm³/mol. The largest absolute Gasteiger partial charge is 0.411 e. The van der Waals surface area contributed by atoms with Crippen molar-refractivity contribution in [2.45, 2.75) is 6.18 Å². The number of nitro groups is 1. The molecule has 0 fully saturated rings. The smallest absolute Gasteiger partial charge is 0.399 e. The Morgan fingerprint density at radius 2 is 2.10 bits per heavy atom. The zero-order valence-electron chi connectivity index (χ0n) is 10.6. The Bertz CT molecular complexity index is 534. The molecule has 116 valence electrons. The minimum absolute atomic E-state index is 0.152. The molecule has 0 radical (unpaired) electrons. The Labute approximate surface area is 117 Å². The van der Waals surface area contributed by atoms with Gasteiger partial charge in [0, 0.05) is 18.3 Å². The molecule has 0 bridgehead atoms. The number of anilines is 1.